The van der Waals surface area contributed by atoms with E-state index in [-0.39, 0.29) is 5.91 Å². The van der Waals surface area contributed by atoms with E-state index in [4.69, 9.17) is 9.47 Å². The van der Waals surface area contributed by atoms with Gasteiger partial charge in [-0.05, 0) is 18.2 Å². The second kappa shape index (κ2) is 7.67. The highest BCUT2D eigenvalue weighted by Gasteiger charge is 2.23. The third-order valence-corrected chi connectivity index (χ3v) is 3.10. The normalized spacial score (nSPS) is 11.2. The lowest BCUT2D eigenvalue weighted by Gasteiger charge is -2.20. The number of amides is 1. The summed E-state index contributed by atoms with van der Waals surface area (Å²) in [6, 6.07) is 3.38. The van der Waals surface area contributed by atoms with E-state index in [0.29, 0.717) is 22.7 Å². The zero-order valence-corrected chi connectivity index (χ0v) is 14.4. The van der Waals surface area contributed by atoms with Gasteiger partial charge in [0, 0.05) is 17.1 Å². The van der Waals surface area contributed by atoms with Crippen molar-refractivity contribution in [2.45, 2.75) is 20.8 Å². The van der Waals surface area contributed by atoms with Crippen LogP contribution in [0.3, 0.4) is 0 Å². The Kier molecular flexibility index (Phi) is 6.18. The van der Waals surface area contributed by atoms with Crippen LogP contribution < -0.4 is 14.8 Å². The van der Waals surface area contributed by atoms with E-state index in [0.717, 1.165) is 0 Å². The first-order valence-corrected chi connectivity index (χ1v) is 7.07. The number of nitrogens with one attached hydrogen (secondary N) is 1. The van der Waals surface area contributed by atoms with E-state index < -0.39 is 11.4 Å². The molecule has 0 spiro atoms. The quantitative estimate of drug-likeness (QED) is 0.667. The molecular weight excluding hydrogens is 298 g/mol. The highest BCUT2D eigenvalue weighted by molar-refractivity contribution is 5.98. The Bertz CT molecular complexity index is 614. The first kappa shape index (κ1) is 18.5. The predicted octanol–water partition coefficient (Wildman–Crippen LogP) is 2.87. The molecule has 0 fully saturated rings. The minimum Gasteiger partial charge on any atom is -0.493 e. The smallest absolute Gasteiger partial charge is 0.330 e. The third-order valence-electron chi connectivity index (χ3n) is 3.10. The number of anilines is 1. The molecule has 6 nitrogen and oxygen atoms in total. The van der Waals surface area contributed by atoms with Crippen LogP contribution in [-0.4, -0.2) is 33.2 Å². The van der Waals surface area contributed by atoms with Gasteiger partial charge in [-0.2, -0.15) is 0 Å². The van der Waals surface area contributed by atoms with E-state index >= 15 is 0 Å². The van der Waals surface area contributed by atoms with E-state index in [1.165, 1.54) is 33.5 Å². The van der Waals surface area contributed by atoms with Gasteiger partial charge in [0.1, 0.15) is 0 Å². The number of ether oxygens (including phenoxy) is 3. The Balaban J connectivity index is 3.36. The minimum atomic E-state index is -0.559. The molecular formula is C17H23NO5. The molecule has 0 atom stereocenters. The van der Waals surface area contributed by atoms with Crippen molar-refractivity contribution < 1.29 is 23.8 Å². The summed E-state index contributed by atoms with van der Waals surface area (Å²) in [5, 5.41) is 2.84. The number of carbonyl (C=O) groups is 2. The van der Waals surface area contributed by atoms with Crippen LogP contribution in [0.5, 0.6) is 11.5 Å². The summed E-state index contributed by atoms with van der Waals surface area (Å²) in [4.78, 5) is 23.6. The fraction of sp³-hybridized carbons (Fsp3) is 0.412. The lowest BCUT2D eigenvalue weighted by atomic mass is 9.95. The topological polar surface area (TPSA) is 73.9 Å². The molecule has 1 rings (SSSR count). The highest BCUT2D eigenvalue weighted by atomic mass is 16.5. The van der Waals surface area contributed by atoms with Crippen LogP contribution in [-0.2, 0) is 14.3 Å². The molecule has 1 amide bonds. The van der Waals surface area contributed by atoms with E-state index in [1.807, 2.05) is 20.8 Å². The van der Waals surface area contributed by atoms with Gasteiger partial charge >= 0.3 is 5.97 Å². The van der Waals surface area contributed by atoms with Crippen LogP contribution in [0.2, 0.25) is 0 Å². The SMILES string of the molecule is COC(=O)/C=C/c1c(NC(=O)C(C)(C)C)ccc(OC)c1OC. The number of esters is 1. The van der Waals surface area contributed by atoms with Crippen LogP contribution >= 0.6 is 0 Å². The molecule has 23 heavy (non-hydrogen) atoms. The standard InChI is InChI=1S/C17H23NO5/c1-17(2,3)16(20)18-12-8-9-13(21-4)15(23-6)11(12)7-10-14(19)22-5/h7-10H,1-6H3,(H,18,20)/b10-7+. The Hall–Kier alpha value is -2.50. The van der Waals surface area contributed by atoms with Crippen molar-refractivity contribution in [2.75, 3.05) is 26.6 Å². The van der Waals surface area contributed by atoms with Crippen molar-refractivity contribution in [1.82, 2.24) is 0 Å². The van der Waals surface area contributed by atoms with Crippen molar-refractivity contribution in [3.05, 3.63) is 23.8 Å². The zero-order valence-electron chi connectivity index (χ0n) is 14.4. The molecule has 0 unspecified atom stereocenters. The molecule has 0 saturated carbocycles. The largest absolute Gasteiger partial charge is 0.493 e. The molecule has 0 aromatic heterocycles. The maximum absolute atomic E-state index is 12.2. The molecule has 0 aliphatic rings. The average Bonchev–Trinajstić information content (AvgIpc) is 2.51. The maximum atomic E-state index is 12.2. The fourth-order valence-corrected chi connectivity index (χ4v) is 1.75. The Morgan fingerprint density at radius 2 is 1.74 bits per heavy atom. The van der Waals surface area contributed by atoms with Crippen LogP contribution in [0.4, 0.5) is 5.69 Å². The van der Waals surface area contributed by atoms with Crippen molar-refractivity contribution >= 4 is 23.6 Å². The molecule has 1 aromatic carbocycles. The molecule has 1 aromatic rings. The van der Waals surface area contributed by atoms with Crippen molar-refractivity contribution in [1.29, 1.82) is 0 Å². The second-order valence-electron chi connectivity index (χ2n) is 5.82. The first-order chi connectivity index (χ1) is 10.7. The summed E-state index contributed by atoms with van der Waals surface area (Å²) in [6.45, 7) is 5.44. The number of rotatable bonds is 5. The zero-order chi connectivity index (χ0) is 17.6. The summed E-state index contributed by atoms with van der Waals surface area (Å²) < 4.78 is 15.2. The molecule has 6 heteroatoms. The molecule has 0 saturated heterocycles. The first-order valence-electron chi connectivity index (χ1n) is 7.07. The van der Waals surface area contributed by atoms with Gasteiger partial charge < -0.3 is 19.5 Å². The lowest BCUT2D eigenvalue weighted by molar-refractivity contribution is -0.134. The summed E-state index contributed by atoms with van der Waals surface area (Å²) in [7, 11) is 4.29. The number of hydrogen-bond acceptors (Lipinski definition) is 5. The van der Waals surface area contributed by atoms with Crippen LogP contribution in [0, 0.1) is 5.41 Å². The maximum Gasteiger partial charge on any atom is 0.330 e. The molecule has 0 heterocycles. The van der Waals surface area contributed by atoms with Gasteiger partial charge in [-0.25, -0.2) is 4.79 Å². The Morgan fingerprint density at radius 1 is 1.09 bits per heavy atom. The van der Waals surface area contributed by atoms with Crippen LogP contribution in [0.25, 0.3) is 6.08 Å². The van der Waals surface area contributed by atoms with E-state index in [1.54, 1.807) is 12.1 Å². The summed E-state index contributed by atoms with van der Waals surface area (Å²) in [5.74, 6) is 0.241. The number of carbonyl (C=O) groups excluding carboxylic acids is 2. The van der Waals surface area contributed by atoms with Gasteiger partial charge in [-0.15, -0.1) is 0 Å². The minimum absolute atomic E-state index is 0.155. The predicted molar refractivity (Wildman–Crippen MR) is 88.7 cm³/mol. The molecule has 0 aliphatic heterocycles. The highest BCUT2D eigenvalue weighted by Crippen LogP contribution is 2.37. The third kappa shape index (κ3) is 4.74. The van der Waals surface area contributed by atoms with Crippen molar-refractivity contribution in [2.24, 2.45) is 5.41 Å². The van der Waals surface area contributed by atoms with Gasteiger partial charge in [-0.1, -0.05) is 20.8 Å². The number of hydrogen-bond donors (Lipinski definition) is 1. The summed E-state index contributed by atoms with van der Waals surface area (Å²) >= 11 is 0. The molecule has 0 aliphatic carbocycles. The molecule has 0 bridgehead atoms. The summed E-state index contributed by atoms with van der Waals surface area (Å²) in [5.41, 5.74) is 0.480. The van der Waals surface area contributed by atoms with Gasteiger partial charge in [0.15, 0.2) is 11.5 Å². The van der Waals surface area contributed by atoms with E-state index in [2.05, 4.69) is 10.1 Å². The molecule has 1 N–H and O–H groups in total. The average molecular weight is 321 g/mol. The summed E-state index contributed by atoms with van der Waals surface area (Å²) in [6.07, 6.45) is 2.77. The Morgan fingerprint density at radius 3 is 2.22 bits per heavy atom. The number of benzene rings is 1. The van der Waals surface area contributed by atoms with Gasteiger partial charge in [-0.3, -0.25) is 4.79 Å². The van der Waals surface area contributed by atoms with E-state index in [9.17, 15) is 9.59 Å². The molecule has 126 valence electrons. The van der Waals surface area contributed by atoms with Gasteiger partial charge in [0.25, 0.3) is 0 Å². The fourth-order valence-electron chi connectivity index (χ4n) is 1.75. The monoisotopic (exact) mass is 321 g/mol. The van der Waals surface area contributed by atoms with Gasteiger partial charge in [0.2, 0.25) is 5.91 Å². The molecule has 0 radical (unpaired) electrons. The van der Waals surface area contributed by atoms with Crippen LogP contribution in [0.1, 0.15) is 26.3 Å². The van der Waals surface area contributed by atoms with Crippen LogP contribution in [0.15, 0.2) is 18.2 Å². The van der Waals surface area contributed by atoms with Crippen molar-refractivity contribution in [3.8, 4) is 11.5 Å². The second-order valence-corrected chi connectivity index (χ2v) is 5.82. The van der Waals surface area contributed by atoms with Gasteiger partial charge in [0.05, 0.1) is 27.0 Å². The lowest BCUT2D eigenvalue weighted by Crippen LogP contribution is -2.28. The number of methoxy groups -OCH3 is 3. The van der Waals surface area contributed by atoms with Crippen molar-refractivity contribution in [3.63, 3.8) is 0 Å². The Labute approximate surface area is 136 Å².